The molecule has 0 atom stereocenters. The molecule has 1 aliphatic carbocycles. The van der Waals surface area contributed by atoms with Crippen LogP contribution < -0.4 is 5.32 Å². The molecular formula is C9H15N3O2. The van der Waals surface area contributed by atoms with E-state index in [1.54, 1.807) is 0 Å². The van der Waals surface area contributed by atoms with Crippen LogP contribution in [-0.4, -0.2) is 34.4 Å². The van der Waals surface area contributed by atoms with Gasteiger partial charge in [-0.05, 0) is 12.8 Å². The molecule has 2 rings (SSSR count). The molecule has 0 aliphatic heterocycles. The van der Waals surface area contributed by atoms with Gasteiger partial charge in [0, 0.05) is 25.4 Å². The van der Waals surface area contributed by atoms with Gasteiger partial charge in [-0.2, -0.15) is 4.98 Å². The maximum Gasteiger partial charge on any atom is 0.227 e. The van der Waals surface area contributed by atoms with E-state index in [-0.39, 0.29) is 6.61 Å². The normalized spacial score (nSPS) is 16.1. The minimum atomic E-state index is 0.0687. The van der Waals surface area contributed by atoms with Gasteiger partial charge in [0.15, 0.2) is 5.82 Å². The second-order valence-corrected chi connectivity index (χ2v) is 3.56. The molecule has 0 amide bonds. The first kappa shape index (κ1) is 9.61. The molecule has 14 heavy (non-hydrogen) atoms. The molecule has 0 saturated heterocycles. The number of hydrogen-bond acceptors (Lipinski definition) is 5. The Hall–Kier alpha value is -0.940. The molecule has 1 saturated carbocycles. The zero-order valence-electron chi connectivity index (χ0n) is 8.07. The zero-order valence-corrected chi connectivity index (χ0v) is 8.07. The van der Waals surface area contributed by atoms with Crippen LogP contribution in [0.5, 0.6) is 0 Å². The molecule has 5 heteroatoms. The number of aromatic nitrogens is 2. The molecule has 5 nitrogen and oxygen atoms in total. The highest BCUT2D eigenvalue weighted by molar-refractivity contribution is 4.88. The van der Waals surface area contributed by atoms with Crippen molar-refractivity contribution in [3.05, 3.63) is 11.7 Å². The fourth-order valence-corrected chi connectivity index (χ4v) is 1.26. The van der Waals surface area contributed by atoms with Gasteiger partial charge in [0.1, 0.15) is 0 Å². The van der Waals surface area contributed by atoms with Crippen molar-refractivity contribution in [1.82, 2.24) is 15.5 Å². The van der Waals surface area contributed by atoms with Gasteiger partial charge < -0.3 is 14.9 Å². The third-order valence-electron chi connectivity index (χ3n) is 2.19. The fraction of sp³-hybridized carbons (Fsp3) is 0.778. The van der Waals surface area contributed by atoms with Gasteiger partial charge in [0.05, 0.1) is 6.61 Å². The summed E-state index contributed by atoms with van der Waals surface area (Å²) in [6.07, 6.45) is 3.83. The van der Waals surface area contributed by atoms with Crippen LogP contribution in [-0.2, 0) is 12.8 Å². The SMILES string of the molecule is OCCc1noc(CCNC2CC2)n1. The summed E-state index contributed by atoms with van der Waals surface area (Å²) >= 11 is 0. The molecule has 2 N–H and O–H groups in total. The summed E-state index contributed by atoms with van der Waals surface area (Å²) in [6, 6.07) is 0.717. The summed E-state index contributed by atoms with van der Waals surface area (Å²) in [7, 11) is 0. The highest BCUT2D eigenvalue weighted by Crippen LogP contribution is 2.18. The summed E-state index contributed by atoms with van der Waals surface area (Å²) < 4.78 is 5.01. The molecule has 0 unspecified atom stereocenters. The molecule has 1 aliphatic rings. The maximum absolute atomic E-state index is 8.65. The summed E-state index contributed by atoms with van der Waals surface area (Å²) in [5, 5.41) is 15.8. The van der Waals surface area contributed by atoms with Crippen molar-refractivity contribution in [3.8, 4) is 0 Å². The molecule has 1 fully saturated rings. The van der Waals surface area contributed by atoms with E-state index >= 15 is 0 Å². The van der Waals surface area contributed by atoms with Gasteiger partial charge in [-0.15, -0.1) is 0 Å². The number of hydrogen-bond donors (Lipinski definition) is 2. The molecule has 1 aromatic rings. The molecule has 78 valence electrons. The fourth-order valence-electron chi connectivity index (χ4n) is 1.26. The lowest BCUT2D eigenvalue weighted by Gasteiger charge is -1.96. The van der Waals surface area contributed by atoms with E-state index in [0.717, 1.165) is 19.0 Å². The third kappa shape index (κ3) is 2.78. The van der Waals surface area contributed by atoms with E-state index in [2.05, 4.69) is 15.5 Å². The van der Waals surface area contributed by atoms with Crippen molar-refractivity contribution in [2.45, 2.75) is 31.7 Å². The first-order valence-electron chi connectivity index (χ1n) is 5.04. The Bertz CT molecular complexity index is 283. The van der Waals surface area contributed by atoms with Gasteiger partial charge >= 0.3 is 0 Å². The summed E-state index contributed by atoms with van der Waals surface area (Å²) in [5.41, 5.74) is 0. The maximum atomic E-state index is 8.65. The standard InChI is InChI=1S/C9H15N3O2/c13-6-4-8-11-9(14-12-8)3-5-10-7-1-2-7/h7,10,13H,1-6H2. The van der Waals surface area contributed by atoms with E-state index in [0.29, 0.717) is 18.1 Å². The molecule has 0 bridgehead atoms. The summed E-state index contributed by atoms with van der Waals surface area (Å²) in [6.45, 7) is 0.963. The first-order chi connectivity index (χ1) is 6.88. The largest absolute Gasteiger partial charge is 0.396 e. The van der Waals surface area contributed by atoms with Gasteiger partial charge in [-0.25, -0.2) is 0 Å². The van der Waals surface area contributed by atoms with E-state index in [1.165, 1.54) is 12.8 Å². The highest BCUT2D eigenvalue weighted by atomic mass is 16.5. The van der Waals surface area contributed by atoms with E-state index < -0.39 is 0 Å². The quantitative estimate of drug-likeness (QED) is 0.666. The second kappa shape index (κ2) is 4.52. The Morgan fingerprint density at radius 2 is 2.29 bits per heavy atom. The van der Waals surface area contributed by atoms with E-state index in [4.69, 9.17) is 9.63 Å². The number of rotatable bonds is 6. The predicted molar refractivity (Wildman–Crippen MR) is 49.8 cm³/mol. The van der Waals surface area contributed by atoms with Crippen LogP contribution in [0.1, 0.15) is 24.6 Å². The van der Waals surface area contributed by atoms with Crippen LogP contribution >= 0.6 is 0 Å². The number of nitrogens with one attached hydrogen (secondary N) is 1. The summed E-state index contributed by atoms with van der Waals surface area (Å²) in [5.74, 6) is 1.25. The molecule has 1 aromatic heterocycles. The minimum Gasteiger partial charge on any atom is -0.396 e. The highest BCUT2D eigenvalue weighted by Gasteiger charge is 2.20. The van der Waals surface area contributed by atoms with Crippen molar-refractivity contribution >= 4 is 0 Å². The topological polar surface area (TPSA) is 71.2 Å². The van der Waals surface area contributed by atoms with Crippen molar-refractivity contribution < 1.29 is 9.63 Å². The van der Waals surface area contributed by atoms with Crippen LogP contribution in [0.15, 0.2) is 4.52 Å². The van der Waals surface area contributed by atoms with Crippen LogP contribution in [0, 0.1) is 0 Å². The Morgan fingerprint density at radius 3 is 3.00 bits per heavy atom. The smallest absolute Gasteiger partial charge is 0.227 e. The van der Waals surface area contributed by atoms with Gasteiger partial charge in [0.25, 0.3) is 0 Å². The van der Waals surface area contributed by atoms with Crippen molar-refractivity contribution in [2.24, 2.45) is 0 Å². The lowest BCUT2D eigenvalue weighted by atomic mass is 10.4. The number of aliphatic hydroxyl groups is 1. The average Bonchev–Trinajstić information content (AvgIpc) is 2.88. The monoisotopic (exact) mass is 197 g/mol. The Kier molecular flexibility index (Phi) is 3.10. The van der Waals surface area contributed by atoms with Crippen molar-refractivity contribution in [3.63, 3.8) is 0 Å². The number of aliphatic hydroxyl groups excluding tert-OH is 1. The first-order valence-corrected chi connectivity index (χ1v) is 5.04. The van der Waals surface area contributed by atoms with E-state index in [1.807, 2.05) is 0 Å². The molecule has 0 radical (unpaired) electrons. The molecular weight excluding hydrogens is 182 g/mol. The lowest BCUT2D eigenvalue weighted by Crippen LogP contribution is -2.19. The predicted octanol–water partition coefficient (Wildman–Crippen LogP) is -0.101. The minimum absolute atomic E-state index is 0.0687. The third-order valence-corrected chi connectivity index (χ3v) is 2.19. The Balaban J connectivity index is 1.71. The van der Waals surface area contributed by atoms with Gasteiger partial charge in [-0.1, -0.05) is 5.16 Å². The number of nitrogens with zero attached hydrogens (tertiary/aromatic N) is 2. The van der Waals surface area contributed by atoms with E-state index in [9.17, 15) is 0 Å². The van der Waals surface area contributed by atoms with Crippen molar-refractivity contribution in [1.29, 1.82) is 0 Å². The lowest BCUT2D eigenvalue weighted by molar-refractivity contribution is 0.292. The molecule has 1 heterocycles. The van der Waals surface area contributed by atoms with Crippen LogP contribution in [0.2, 0.25) is 0 Å². The van der Waals surface area contributed by atoms with Crippen LogP contribution in [0.25, 0.3) is 0 Å². The van der Waals surface area contributed by atoms with Gasteiger partial charge in [-0.3, -0.25) is 0 Å². The van der Waals surface area contributed by atoms with Crippen LogP contribution in [0.3, 0.4) is 0 Å². The average molecular weight is 197 g/mol. The summed E-state index contributed by atoms with van der Waals surface area (Å²) in [4.78, 5) is 4.14. The van der Waals surface area contributed by atoms with Gasteiger partial charge in [0.2, 0.25) is 5.89 Å². The molecule has 0 spiro atoms. The Labute approximate surface area is 82.5 Å². The van der Waals surface area contributed by atoms with Crippen LogP contribution in [0.4, 0.5) is 0 Å². The molecule has 0 aromatic carbocycles. The second-order valence-electron chi connectivity index (χ2n) is 3.56. The Morgan fingerprint density at radius 1 is 1.43 bits per heavy atom. The zero-order chi connectivity index (χ0) is 9.80. The van der Waals surface area contributed by atoms with Crippen molar-refractivity contribution in [2.75, 3.05) is 13.2 Å².